The van der Waals surface area contributed by atoms with Gasteiger partial charge in [-0.25, -0.2) is 9.59 Å². The summed E-state index contributed by atoms with van der Waals surface area (Å²) >= 11 is 0. The monoisotopic (exact) mass is 254 g/mol. The number of carboxylic acid groups (broad SMARTS) is 1. The largest absolute Gasteiger partial charge is 0.478 e. The van der Waals surface area contributed by atoms with Crippen LogP contribution in [0.2, 0.25) is 0 Å². The lowest BCUT2D eigenvalue weighted by atomic mass is 9.75. The van der Waals surface area contributed by atoms with Crippen LogP contribution in [0.3, 0.4) is 0 Å². The van der Waals surface area contributed by atoms with Gasteiger partial charge in [0.15, 0.2) is 0 Å². The highest BCUT2D eigenvalue weighted by Gasteiger charge is 2.32. The van der Waals surface area contributed by atoms with Gasteiger partial charge in [0, 0.05) is 12.2 Å². The second-order valence-electron chi connectivity index (χ2n) is 5.47. The van der Waals surface area contributed by atoms with Crippen LogP contribution in [0.1, 0.15) is 40.0 Å². The molecule has 1 rings (SSSR count). The fraction of sp³-hybridized carbons (Fsp3) is 0.714. The fourth-order valence-electron chi connectivity index (χ4n) is 2.58. The molecule has 0 heterocycles. The van der Waals surface area contributed by atoms with E-state index in [0.717, 1.165) is 25.0 Å². The number of esters is 1. The van der Waals surface area contributed by atoms with E-state index in [-0.39, 0.29) is 6.10 Å². The molecule has 0 aromatic heterocycles. The molecule has 102 valence electrons. The summed E-state index contributed by atoms with van der Waals surface area (Å²) in [6.45, 7) is 6.42. The Hall–Kier alpha value is -1.32. The first-order valence-corrected chi connectivity index (χ1v) is 6.51. The lowest BCUT2D eigenvalue weighted by Crippen LogP contribution is -2.35. The van der Waals surface area contributed by atoms with E-state index in [2.05, 4.69) is 20.8 Å². The van der Waals surface area contributed by atoms with Crippen molar-refractivity contribution in [3.63, 3.8) is 0 Å². The Balaban J connectivity index is 2.60. The highest BCUT2D eigenvalue weighted by Crippen LogP contribution is 2.35. The number of carbonyl (C=O) groups is 2. The number of carboxylic acids is 1. The topological polar surface area (TPSA) is 63.6 Å². The minimum atomic E-state index is -1.13. The van der Waals surface area contributed by atoms with Crippen LogP contribution in [0.5, 0.6) is 0 Å². The van der Waals surface area contributed by atoms with Crippen LogP contribution in [0.4, 0.5) is 0 Å². The Morgan fingerprint density at radius 1 is 1.28 bits per heavy atom. The molecule has 4 heteroatoms. The molecule has 0 spiro atoms. The normalized spacial score (nSPS) is 28.6. The third kappa shape index (κ3) is 4.51. The van der Waals surface area contributed by atoms with Gasteiger partial charge in [0.25, 0.3) is 0 Å². The summed E-state index contributed by atoms with van der Waals surface area (Å²) in [5, 5.41) is 8.46. The number of carbonyl (C=O) groups excluding carboxylic acids is 1. The molecule has 1 fully saturated rings. The van der Waals surface area contributed by atoms with E-state index < -0.39 is 11.9 Å². The van der Waals surface area contributed by atoms with Crippen molar-refractivity contribution in [2.24, 2.45) is 17.8 Å². The van der Waals surface area contributed by atoms with Crippen molar-refractivity contribution >= 4 is 11.9 Å². The van der Waals surface area contributed by atoms with Crippen molar-refractivity contribution in [1.82, 2.24) is 0 Å². The summed E-state index contributed by atoms with van der Waals surface area (Å²) in [6, 6.07) is 0. The van der Waals surface area contributed by atoms with E-state index in [1.165, 1.54) is 6.42 Å². The maximum atomic E-state index is 11.5. The molecule has 0 aliphatic heterocycles. The highest BCUT2D eigenvalue weighted by atomic mass is 16.5. The zero-order chi connectivity index (χ0) is 13.7. The third-order valence-electron chi connectivity index (χ3n) is 3.59. The Morgan fingerprint density at radius 2 is 1.94 bits per heavy atom. The molecule has 1 aliphatic carbocycles. The Morgan fingerprint density at radius 3 is 2.50 bits per heavy atom. The van der Waals surface area contributed by atoms with Crippen LogP contribution in [0.15, 0.2) is 12.2 Å². The summed E-state index contributed by atoms with van der Waals surface area (Å²) in [4.78, 5) is 21.8. The first kappa shape index (κ1) is 14.7. The minimum absolute atomic E-state index is 0.0836. The predicted molar refractivity (Wildman–Crippen MR) is 68.0 cm³/mol. The zero-order valence-corrected chi connectivity index (χ0v) is 11.3. The molecule has 0 aromatic rings. The van der Waals surface area contributed by atoms with Gasteiger partial charge in [-0.2, -0.15) is 0 Å². The molecule has 0 amide bonds. The van der Waals surface area contributed by atoms with E-state index >= 15 is 0 Å². The number of hydrogen-bond acceptors (Lipinski definition) is 3. The lowest BCUT2D eigenvalue weighted by molar-refractivity contribution is -0.150. The molecule has 18 heavy (non-hydrogen) atoms. The van der Waals surface area contributed by atoms with Crippen molar-refractivity contribution < 1.29 is 19.4 Å². The number of rotatable bonds is 4. The predicted octanol–water partition coefficient (Wildman–Crippen LogP) is 2.63. The molecule has 0 aromatic carbocycles. The van der Waals surface area contributed by atoms with Crippen LogP contribution < -0.4 is 0 Å². The zero-order valence-electron chi connectivity index (χ0n) is 11.3. The molecule has 1 aliphatic rings. The van der Waals surface area contributed by atoms with Gasteiger partial charge in [0.05, 0.1) is 0 Å². The van der Waals surface area contributed by atoms with Crippen LogP contribution in [-0.2, 0) is 14.3 Å². The third-order valence-corrected chi connectivity index (χ3v) is 3.59. The summed E-state index contributed by atoms with van der Waals surface area (Å²) in [7, 11) is 0. The quantitative estimate of drug-likeness (QED) is 0.618. The molecular formula is C14H22O4. The Kier molecular flexibility index (Phi) is 5.38. The minimum Gasteiger partial charge on any atom is -0.478 e. The number of ether oxygens (including phenoxy) is 1. The average Bonchev–Trinajstić information content (AvgIpc) is 2.26. The van der Waals surface area contributed by atoms with Gasteiger partial charge in [-0.1, -0.05) is 27.2 Å². The Labute approximate surface area is 108 Å². The van der Waals surface area contributed by atoms with Crippen LogP contribution in [0, 0.1) is 17.8 Å². The van der Waals surface area contributed by atoms with Crippen LogP contribution in [0.25, 0.3) is 0 Å². The van der Waals surface area contributed by atoms with Gasteiger partial charge in [0.1, 0.15) is 6.10 Å². The highest BCUT2D eigenvalue weighted by molar-refractivity contribution is 5.90. The number of aliphatic carboxylic acids is 1. The molecular weight excluding hydrogens is 232 g/mol. The second kappa shape index (κ2) is 6.57. The maximum absolute atomic E-state index is 11.5. The van der Waals surface area contributed by atoms with E-state index in [4.69, 9.17) is 9.84 Å². The lowest BCUT2D eigenvalue weighted by Gasteiger charge is -2.36. The van der Waals surface area contributed by atoms with Crippen molar-refractivity contribution in [1.29, 1.82) is 0 Å². The summed E-state index contributed by atoms with van der Waals surface area (Å²) in [6.07, 6.45) is 4.83. The van der Waals surface area contributed by atoms with Gasteiger partial charge in [-0.15, -0.1) is 0 Å². The van der Waals surface area contributed by atoms with Gasteiger partial charge >= 0.3 is 11.9 Å². The van der Waals surface area contributed by atoms with E-state index in [1.54, 1.807) is 0 Å². The first-order valence-electron chi connectivity index (χ1n) is 6.51. The Bertz CT molecular complexity index is 333. The van der Waals surface area contributed by atoms with E-state index in [0.29, 0.717) is 17.8 Å². The van der Waals surface area contributed by atoms with E-state index in [1.807, 2.05) is 0 Å². The molecule has 3 atom stereocenters. The van der Waals surface area contributed by atoms with Crippen LogP contribution in [-0.4, -0.2) is 23.1 Å². The summed E-state index contributed by atoms with van der Waals surface area (Å²) < 4.78 is 5.40. The van der Waals surface area contributed by atoms with Crippen molar-refractivity contribution in [2.75, 3.05) is 0 Å². The molecule has 0 bridgehead atoms. The fourth-order valence-corrected chi connectivity index (χ4v) is 2.58. The summed E-state index contributed by atoms with van der Waals surface area (Å²) in [5.74, 6) is -0.282. The van der Waals surface area contributed by atoms with Crippen LogP contribution >= 0.6 is 0 Å². The molecule has 0 radical (unpaired) electrons. The van der Waals surface area contributed by atoms with Gasteiger partial charge in [0.2, 0.25) is 0 Å². The first-order chi connectivity index (χ1) is 8.40. The second-order valence-corrected chi connectivity index (χ2v) is 5.47. The molecule has 3 unspecified atom stereocenters. The smallest absolute Gasteiger partial charge is 0.331 e. The maximum Gasteiger partial charge on any atom is 0.331 e. The van der Waals surface area contributed by atoms with Gasteiger partial charge in [-0.05, 0) is 30.6 Å². The van der Waals surface area contributed by atoms with Gasteiger partial charge < -0.3 is 9.84 Å². The molecule has 4 nitrogen and oxygen atoms in total. The van der Waals surface area contributed by atoms with Crippen molar-refractivity contribution in [3.8, 4) is 0 Å². The SMILES string of the molecule is CC1CCC(C(C)C)C(OC(=O)C=CC(=O)O)C1. The number of hydrogen-bond donors (Lipinski definition) is 1. The average molecular weight is 254 g/mol. The van der Waals surface area contributed by atoms with E-state index in [9.17, 15) is 9.59 Å². The summed E-state index contributed by atoms with van der Waals surface area (Å²) in [5.41, 5.74) is 0. The van der Waals surface area contributed by atoms with Crippen molar-refractivity contribution in [3.05, 3.63) is 12.2 Å². The standard InChI is InChI=1S/C14H22O4/c1-9(2)11-5-4-10(3)8-12(11)18-14(17)7-6-13(15)16/h6-7,9-12H,4-5,8H2,1-3H3,(H,15,16). The molecule has 0 saturated heterocycles. The molecule has 1 N–H and O–H groups in total. The van der Waals surface area contributed by atoms with Gasteiger partial charge in [-0.3, -0.25) is 0 Å². The van der Waals surface area contributed by atoms with Crippen molar-refractivity contribution in [2.45, 2.75) is 46.1 Å². The molecule has 1 saturated carbocycles.